The molecule has 1 fully saturated rings. The second kappa shape index (κ2) is 7.46. The van der Waals surface area contributed by atoms with Crippen LogP contribution < -0.4 is 10.1 Å². The Kier molecular flexibility index (Phi) is 5.60. The lowest BCUT2D eigenvalue weighted by atomic mass is 10.0. The summed E-state index contributed by atoms with van der Waals surface area (Å²) in [4.78, 5) is 23.7. The van der Waals surface area contributed by atoms with Crippen LogP contribution in [0.2, 0.25) is 0 Å². The van der Waals surface area contributed by atoms with Gasteiger partial charge in [0.25, 0.3) is 5.91 Å². The molecule has 0 aliphatic heterocycles. The monoisotopic (exact) mass is 321 g/mol. The molecule has 23 heavy (non-hydrogen) atoms. The average Bonchev–Trinajstić information content (AvgIpc) is 3.00. The Bertz CT molecular complexity index is 568. The highest BCUT2D eigenvalue weighted by atomic mass is 16.5. The van der Waals surface area contributed by atoms with Gasteiger partial charge >= 0.3 is 5.97 Å². The van der Waals surface area contributed by atoms with Gasteiger partial charge in [-0.1, -0.05) is 6.07 Å². The van der Waals surface area contributed by atoms with Gasteiger partial charge in [0.05, 0.1) is 12.7 Å². The van der Waals surface area contributed by atoms with Crippen molar-refractivity contribution in [2.45, 2.75) is 44.2 Å². The second-order valence-electron chi connectivity index (χ2n) is 6.08. The van der Waals surface area contributed by atoms with E-state index in [4.69, 9.17) is 9.47 Å². The molecule has 1 aromatic rings. The summed E-state index contributed by atoms with van der Waals surface area (Å²) in [5.74, 6) is -0.983. The third-order valence-corrected chi connectivity index (χ3v) is 4.00. The van der Waals surface area contributed by atoms with Gasteiger partial charge in [-0.15, -0.1) is 0 Å². The average molecular weight is 321 g/mol. The van der Waals surface area contributed by atoms with E-state index in [2.05, 4.69) is 5.32 Å². The van der Waals surface area contributed by atoms with Gasteiger partial charge in [0.15, 0.2) is 5.54 Å². The quantitative estimate of drug-likeness (QED) is 0.804. The zero-order chi connectivity index (χ0) is 16.9. The topological polar surface area (TPSA) is 84.9 Å². The molecule has 1 unspecified atom stereocenters. The Balaban J connectivity index is 2.07. The third kappa shape index (κ3) is 4.45. The molecule has 0 bridgehead atoms. The van der Waals surface area contributed by atoms with E-state index in [1.165, 1.54) is 26.9 Å². The molecule has 1 atom stereocenters. The number of carboxylic acid groups (broad SMARTS) is 1. The van der Waals surface area contributed by atoms with Crippen molar-refractivity contribution in [3.8, 4) is 5.75 Å². The van der Waals surface area contributed by atoms with Crippen molar-refractivity contribution < 1.29 is 24.2 Å². The van der Waals surface area contributed by atoms with Gasteiger partial charge in [-0.25, -0.2) is 4.79 Å². The standard InChI is InChI=1S/C17H23NO5/c1-17(11-22-2,16(20)21)18-15(19)12-6-5-9-14(10-12)23-13-7-3-4-8-13/h5-6,9-10,13H,3-4,7-8,11H2,1-2H3,(H,18,19)(H,20,21). The maximum Gasteiger partial charge on any atom is 0.331 e. The van der Waals surface area contributed by atoms with Crippen molar-refractivity contribution in [3.05, 3.63) is 29.8 Å². The smallest absolute Gasteiger partial charge is 0.331 e. The van der Waals surface area contributed by atoms with Crippen LogP contribution in [0.4, 0.5) is 0 Å². The summed E-state index contributed by atoms with van der Waals surface area (Å²) in [6, 6.07) is 6.81. The number of carbonyl (C=O) groups is 2. The predicted molar refractivity (Wildman–Crippen MR) is 84.7 cm³/mol. The van der Waals surface area contributed by atoms with Gasteiger partial charge in [0.2, 0.25) is 0 Å². The van der Waals surface area contributed by atoms with Crippen LogP contribution in [0, 0.1) is 0 Å². The molecule has 6 heteroatoms. The van der Waals surface area contributed by atoms with Crippen LogP contribution in [-0.4, -0.2) is 42.3 Å². The van der Waals surface area contributed by atoms with E-state index in [1.54, 1.807) is 24.3 Å². The Labute approximate surface area is 135 Å². The van der Waals surface area contributed by atoms with E-state index < -0.39 is 17.4 Å². The summed E-state index contributed by atoms with van der Waals surface area (Å²) < 4.78 is 10.8. The molecule has 1 aliphatic rings. The Morgan fingerprint density at radius 1 is 1.35 bits per heavy atom. The zero-order valence-corrected chi connectivity index (χ0v) is 13.5. The lowest BCUT2D eigenvalue weighted by molar-refractivity contribution is -0.145. The summed E-state index contributed by atoms with van der Waals surface area (Å²) in [7, 11) is 1.39. The van der Waals surface area contributed by atoms with Crippen molar-refractivity contribution in [2.24, 2.45) is 0 Å². The van der Waals surface area contributed by atoms with Crippen molar-refractivity contribution in [2.75, 3.05) is 13.7 Å². The van der Waals surface area contributed by atoms with E-state index in [-0.39, 0.29) is 12.7 Å². The van der Waals surface area contributed by atoms with Gasteiger partial charge in [-0.3, -0.25) is 4.79 Å². The van der Waals surface area contributed by atoms with Crippen LogP contribution in [0.25, 0.3) is 0 Å². The minimum absolute atomic E-state index is 0.119. The Hall–Kier alpha value is -2.08. The fraction of sp³-hybridized carbons (Fsp3) is 0.529. The first-order chi connectivity index (χ1) is 10.9. The maximum atomic E-state index is 12.3. The molecule has 0 saturated heterocycles. The predicted octanol–water partition coefficient (Wildman–Crippen LogP) is 2.23. The number of methoxy groups -OCH3 is 1. The first-order valence-corrected chi connectivity index (χ1v) is 7.76. The summed E-state index contributed by atoms with van der Waals surface area (Å²) in [6.07, 6.45) is 4.59. The molecular weight excluding hydrogens is 298 g/mol. The number of benzene rings is 1. The first kappa shape index (κ1) is 17.3. The fourth-order valence-corrected chi connectivity index (χ4v) is 2.67. The number of ether oxygens (including phenoxy) is 2. The minimum atomic E-state index is -1.48. The molecule has 0 heterocycles. The molecule has 0 aromatic heterocycles. The largest absolute Gasteiger partial charge is 0.490 e. The molecule has 1 aliphatic carbocycles. The molecule has 1 amide bonds. The van der Waals surface area contributed by atoms with Gasteiger partial charge in [-0.05, 0) is 50.8 Å². The molecule has 2 N–H and O–H groups in total. The summed E-state index contributed by atoms with van der Waals surface area (Å²) in [5, 5.41) is 11.8. The molecule has 0 radical (unpaired) electrons. The van der Waals surface area contributed by atoms with Gasteiger partial charge in [0.1, 0.15) is 5.75 Å². The number of rotatable bonds is 7. The van der Waals surface area contributed by atoms with Crippen LogP contribution >= 0.6 is 0 Å². The summed E-state index contributed by atoms with van der Waals surface area (Å²) in [6.45, 7) is 1.29. The van der Waals surface area contributed by atoms with Gasteiger partial charge < -0.3 is 19.9 Å². The number of nitrogens with one attached hydrogen (secondary N) is 1. The molecule has 1 saturated carbocycles. The van der Waals surface area contributed by atoms with E-state index >= 15 is 0 Å². The van der Waals surface area contributed by atoms with Crippen molar-refractivity contribution in [1.82, 2.24) is 5.32 Å². The Morgan fingerprint density at radius 2 is 2.04 bits per heavy atom. The van der Waals surface area contributed by atoms with E-state index in [0.717, 1.165) is 12.8 Å². The summed E-state index contributed by atoms with van der Waals surface area (Å²) >= 11 is 0. The maximum absolute atomic E-state index is 12.3. The van der Waals surface area contributed by atoms with Crippen LogP contribution in [-0.2, 0) is 9.53 Å². The van der Waals surface area contributed by atoms with Gasteiger partial charge in [0, 0.05) is 12.7 Å². The fourth-order valence-electron chi connectivity index (χ4n) is 2.67. The molecule has 126 valence electrons. The third-order valence-electron chi connectivity index (χ3n) is 4.00. The number of aliphatic carboxylic acids is 1. The second-order valence-corrected chi connectivity index (χ2v) is 6.08. The normalized spacial score (nSPS) is 17.5. The Morgan fingerprint density at radius 3 is 2.65 bits per heavy atom. The molecule has 6 nitrogen and oxygen atoms in total. The number of hydrogen-bond acceptors (Lipinski definition) is 4. The molecule has 0 spiro atoms. The van der Waals surface area contributed by atoms with Crippen molar-refractivity contribution in [3.63, 3.8) is 0 Å². The van der Waals surface area contributed by atoms with Crippen molar-refractivity contribution in [1.29, 1.82) is 0 Å². The number of amides is 1. The lowest BCUT2D eigenvalue weighted by Crippen LogP contribution is -2.55. The van der Waals surface area contributed by atoms with Crippen LogP contribution in [0.5, 0.6) is 5.75 Å². The molecular formula is C17H23NO5. The van der Waals surface area contributed by atoms with Crippen LogP contribution in [0.1, 0.15) is 43.0 Å². The molecule has 1 aromatic carbocycles. The lowest BCUT2D eigenvalue weighted by Gasteiger charge is -2.25. The zero-order valence-electron chi connectivity index (χ0n) is 13.5. The summed E-state index contributed by atoms with van der Waals surface area (Å²) in [5.41, 5.74) is -1.11. The minimum Gasteiger partial charge on any atom is -0.490 e. The van der Waals surface area contributed by atoms with E-state index in [9.17, 15) is 14.7 Å². The number of carboxylic acids is 1. The van der Waals surface area contributed by atoms with E-state index in [1.807, 2.05) is 0 Å². The van der Waals surface area contributed by atoms with Crippen LogP contribution in [0.3, 0.4) is 0 Å². The van der Waals surface area contributed by atoms with Crippen LogP contribution in [0.15, 0.2) is 24.3 Å². The van der Waals surface area contributed by atoms with Crippen molar-refractivity contribution >= 4 is 11.9 Å². The van der Waals surface area contributed by atoms with Gasteiger partial charge in [-0.2, -0.15) is 0 Å². The highest BCUT2D eigenvalue weighted by Crippen LogP contribution is 2.24. The highest BCUT2D eigenvalue weighted by Gasteiger charge is 2.35. The molecule has 2 rings (SSSR count). The number of carbonyl (C=O) groups excluding carboxylic acids is 1. The number of hydrogen-bond donors (Lipinski definition) is 2. The first-order valence-electron chi connectivity index (χ1n) is 7.76. The SMILES string of the molecule is COCC(C)(NC(=O)c1cccc(OC2CCCC2)c1)C(=O)O. The van der Waals surface area contributed by atoms with E-state index in [0.29, 0.717) is 11.3 Å². The highest BCUT2D eigenvalue weighted by molar-refractivity contribution is 5.98.